The van der Waals surface area contributed by atoms with Crippen molar-refractivity contribution in [2.45, 2.75) is 26.2 Å². The zero-order valence-electron chi connectivity index (χ0n) is 25.4. The fourth-order valence-corrected chi connectivity index (χ4v) is 8.00. The van der Waals surface area contributed by atoms with Gasteiger partial charge in [-0.15, -0.1) is 11.3 Å². The highest BCUT2D eigenvalue weighted by Gasteiger charge is 2.24. The van der Waals surface area contributed by atoms with Crippen molar-refractivity contribution in [2.24, 2.45) is 9.98 Å². The lowest BCUT2D eigenvalue weighted by atomic mass is 9.88. The number of aliphatic imine (C=N–C) groups is 2. The zero-order valence-corrected chi connectivity index (χ0v) is 26.2. The summed E-state index contributed by atoms with van der Waals surface area (Å²) in [4.78, 5) is 10.6. The SMILES string of the molecule is CC(C)(C)c1ccc2c3cc(c-2cc1)C=C1N=C(C=c2sc(c4ccccc24)=CC2=NC(=C3)c3ccccc32)c2ccccc21. The average Bonchev–Trinajstić information content (AvgIpc) is 3.71. The normalized spacial score (nSPS) is 15.0. The van der Waals surface area contributed by atoms with Gasteiger partial charge in [-0.2, -0.15) is 0 Å². The number of nitrogens with zero attached hydrogens (tertiary/aromatic N) is 2. The van der Waals surface area contributed by atoms with Gasteiger partial charge in [0, 0.05) is 42.1 Å². The summed E-state index contributed by atoms with van der Waals surface area (Å²) in [6, 6.07) is 37.4. The van der Waals surface area contributed by atoms with E-state index < -0.39 is 0 Å². The number of fused-ring (bicyclic) bond motifs is 18. The maximum absolute atomic E-state index is 5.29. The first kappa shape index (κ1) is 26.3. The second kappa shape index (κ2) is 9.69. The lowest BCUT2D eigenvalue weighted by Crippen LogP contribution is -2.09. The molecule has 5 aliphatic rings. The third-order valence-electron chi connectivity index (χ3n) is 9.19. The van der Waals surface area contributed by atoms with Gasteiger partial charge in [-0.25, -0.2) is 9.98 Å². The van der Waals surface area contributed by atoms with Crippen molar-refractivity contribution >= 4 is 69.2 Å². The molecule has 4 heterocycles. The van der Waals surface area contributed by atoms with Gasteiger partial charge in [-0.05, 0) is 63.6 Å². The lowest BCUT2D eigenvalue weighted by Gasteiger charge is -2.17. The Hall–Kier alpha value is -5.12. The molecule has 3 aliphatic heterocycles. The van der Waals surface area contributed by atoms with Crippen LogP contribution in [0.3, 0.4) is 0 Å². The monoisotopic (exact) mass is 594 g/mol. The third-order valence-corrected chi connectivity index (χ3v) is 10.3. The second-order valence-electron chi connectivity index (χ2n) is 13.1. The standard InChI is InChI=1S/C42H30N2S/c1-42(2,3)27-16-18-28-25-20-26(29(28)19-17-27)22-37-31-11-5-7-13-33(31)39(44-37)24-41-35-15-9-8-14-34(35)40(45-41)23-38-32-12-6-4-10-30(32)36(21-25)43-38/h4-24H,1-3H3. The molecule has 0 saturated heterocycles. The van der Waals surface area contributed by atoms with E-state index in [1.807, 2.05) is 11.3 Å². The van der Waals surface area contributed by atoms with Crippen LogP contribution in [-0.2, 0) is 5.41 Å². The van der Waals surface area contributed by atoms with Crippen LogP contribution in [0.4, 0.5) is 0 Å². The molecule has 3 heteroatoms. The first-order valence-electron chi connectivity index (χ1n) is 15.5. The first-order valence-corrected chi connectivity index (χ1v) is 16.3. The van der Waals surface area contributed by atoms with E-state index in [1.54, 1.807) is 0 Å². The van der Waals surface area contributed by atoms with Gasteiger partial charge in [0.1, 0.15) is 0 Å². The van der Waals surface area contributed by atoms with Gasteiger partial charge in [0.25, 0.3) is 0 Å². The summed E-state index contributed by atoms with van der Waals surface area (Å²) in [6.45, 7) is 6.81. The van der Waals surface area contributed by atoms with Gasteiger partial charge < -0.3 is 0 Å². The lowest BCUT2D eigenvalue weighted by molar-refractivity contribution is 0.591. The molecule has 214 valence electrons. The van der Waals surface area contributed by atoms with E-state index in [1.165, 1.54) is 69.9 Å². The predicted molar refractivity (Wildman–Crippen MR) is 193 cm³/mol. The molecule has 0 N–H and O–H groups in total. The third kappa shape index (κ3) is 4.22. The highest BCUT2D eigenvalue weighted by Crippen LogP contribution is 2.41. The van der Waals surface area contributed by atoms with E-state index >= 15 is 0 Å². The van der Waals surface area contributed by atoms with Crippen molar-refractivity contribution in [1.29, 1.82) is 0 Å². The summed E-state index contributed by atoms with van der Waals surface area (Å²) in [5, 5.41) is 2.48. The molecule has 0 atom stereocenters. The number of benzene rings is 3. The van der Waals surface area contributed by atoms with Gasteiger partial charge >= 0.3 is 0 Å². The molecule has 0 radical (unpaired) electrons. The van der Waals surface area contributed by atoms with Crippen molar-refractivity contribution in [2.75, 3.05) is 0 Å². The van der Waals surface area contributed by atoms with E-state index in [0.717, 1.165) is 22.8 Å². The van der Waals surface area contributed by atoms with Crippen LogP contribution in [0.15, 0.2) is 113 Å². The highest BCUT2D eigenvalue weighted by molar-refractivity contribution is 7.09. The largest absolute Gasteiger partial charge is 0.248 e. The van der Waals surface area contributed by atoms with Gasteiger partial charge in [0.05, 0.1) is 22.8 Å². The van der Waals surface area contributed by atoms with E-state index in [0.29, 0.717) is 0 Å². The molecule has 1 aromatic heterocycles. The Kier molecular flexibility index (Phi) is 5.66. The molecular formula is C42H30N2S. The molecule has 2 nitrogen and oxygen atoms in total. The van der Waals surface area contributed by atoms with Crippen LogP contribution < -0.4 is 9.06 Å². The van der Waals surface area contributed by atoms with E-state index in [9.17, 15) is 0 Å². The minimum absolute atomic E-state index is 0.0462. The number of rotatable bonds is 0. The Bertz CT molecular complexity index is 2300. The Labute approximate surface area is 266 Å². The van der Waals surface area contributed by atoms with E-state index in [-0.39, 0.29) is 5.41 Å². The van der Waals surface area contributed by atoms with Crippen LogP contribution in [0.5, 0.6) is 0 Å². The van der Waals surface area contributed by atoms with Crippen LogP contribution >= 0.6 is 11.3 Å². The Morgan fingerprint density at radius 2 is 0.911 bits per heavy atom. The van der Waals surface area contributed by atoms with Crippen LogP contribution in [0.2, 0.25) is 0 Å². The highest BCUT2D eigenvalue weighted by atomic mass is 32.1. The van der Waals surface area contributed by atoms with Crippen molar-refractivity contribution in [3.8, 4) is 11.1 Å². The smallest absolute Gasteiger partial charge is 0.0730 e. The minimum Gasteiger partial charge on any atom is -0.248 e. The van der Waals surface area contributed by atoms with E-state index in [2.05, 4.69) is 148 Å². The number of hydrogen-bond acceptors (Lipinski definition) is 3. The van der Waals surface area contributed by atoms with E-state index in [4.69, 9.17) is 9.98 Å². The first-order chi connectivity index (χ1) is 21.9. The molecule has 3 aromatic carbocycles. The summed E-state index contributed by atoms with van der Waals surface area (Å²) in [5.41, 5.74) is 14.8. The summed E-state index contributed by atoms with van der Waals surface area (Å²) in [5.74, 6) is 0. The molecule has 0 spiro atoms. The summed E-state index contributed by atoms with van der Waals surface area (Å²) in [6.07, 6.45) is 9.09. The summed E-state index contributed by atoms with van der Waals surface area (Å²) < 4.78 is 2.42. The molecule has 4 aromatic rings. The van der Waals surface area contributed by atoms with Gasteiger partial charge in [0.2, 0.25) is 0 Å². The van der Waals surface area contributed by atoms with Crippen LogP contribution in [0, 0.1) is 0 Å². The van der Waals surface area contributed by atoms with Crippen LogP contribution in [0.1, 0.15) is 59.7 Å². The Balaban J connectivity index is 1.40. The van der Waals surface area contributed by atoms with Crippen LogP contribution in [-0.4, -0.2) is 11.4 Å². The minimum atomic E-state index is 0.0462. The summed E-state index contributed by atoms with van der Waals surface area (Å²) >= 11 is 1.81. The maximum Gasteiger partial charge on any atom is 0.0730 e. The number of hydrogen-bond donors (Lipinski definition) is 0. The molecule has 0 fully saturated rings. The average molecular weight is 595 g/mol. The quantitative estimate of drug-likeness (QED) is 0.168. The predicted octanol–water partition coefficient (Wildman–Crippen LogP) is 9.18. The molecule has 2 aliphatic carbocycles. The maximum atomic E-state index is 5.29. The van der Waals surface area contributed by atoms with Crippen molar-refractivity contribution in [1.82, 2.24) is 0 Å². The molecule has 0 amide bonds. The molecule has 9 rings (SSSR count). The van der Waals surface area contributed by atoms with Gasteiger partial charge in [-0.3, -0.25) is 0 Å². The second-order valence-corrected chi connectivity index (χ2v) is 14.1. The Morgan fingerprint density at radius 1 is 0.467 bits per heavy atom. The van der Waals surface area contributed by atoms with Gasteiger partial charge in [-0.1, -0.05) is 118 Å². The molecular weight excluding hydrogens is 565 g/mol. The van der Waals surface area contributed by atoms with Crippen LogP contribution in [0.25, 0.3) is 57.6 Å². The molecule has 45 heavy (non-hydrogen) atoms. The topological polar surface area (TPSA) is 24.7 Å². The fourth-order valence-electron chi connectivity index (χ4n) is 6.85. The Morgan fingerprint density at radius 3 is 1.38 bits per heavy atom. The van der Waals surface area contributed by atoms with Crippen molar-refractivity contribution < 1.29 is 0 Å². The number of thiophene rings is 1. The summed E-state index contributed by atoms with van der Waals surface area (Å²) in [7, 11) is 0. The zero-order chi connectivity index (χ0) is 30.3. The van der Waals surface area contributed by atoms with Crippen molar-refractivity contribution in [3.05, 3.63) is 151 Å². The van der Waals surface area contributed by atoms with Gasteiger partial charge in [0.15, 0.2) is 0 Å². The molecule has 8 bridgehead atoms. The molecule has 0 unspecified atom stereocenters. The fraction of sp³-hybridized carbons (Fsp3) is 0.0952. The van der Waals surface area contributed by atoms with Crippen molar-refractivity contribution in [3.63, 3.8) is 0 Å². The molecule has 0 saturated carbocycles.